The molecule has 1 saturated heterocycles. The maximum absolute atomic E-state index is 12.3. The summed E-state index contributed by atoms with van der Waals surface area (Å²) in [5.41, 5.74) is 0. The van der Waals surface area contributed by atoms with Gasteiger partial charge in [0.1, 0.15) is 12.2 Å². The molecule has 1 fully saturated rings. The minimum absolute atomic E-state index is 0.217. The Morgan fingerprint density at radius 2 is 2.17 bits per heavy atom. The van der Waals surface area contributed by atoms with Crippen LogP contribution < -0.4 is 0 Å². The Bertz CT molecular complexity index is 464. The zero-order chi connectivity index (χ0) is 13.2. The van der Waals surface area contributed by atoms with Crippen molar-refractivity contribution in [2.75, 3.05) is 20.1 Å². The Morgan fingerprint density at radius 3 is 2.72 bits per heavy atom. The highest BCUT2D eigenvalue weighted by molar-refractivity contribution is 7.86. The van der Waals surface area contributed by atoms with Gasteiger partial charge in [-0.25, -0.2) is 4.98 Å². The van der Waals surface area contributed by atoms with E-state index in [1.54, 1.807) is 11.4 Å². The third-order valence-electron chi connectivity index (χ3n) is 3.30. The number of piperidine rings is 1. The highest BCUT2D eigenvalue weighted by Crippen LogP contribution is 2.20. The predicted octanol–water partition coefficient (Wildman–Crippen LogP) is 0.213. The van der Waals surface area contributed by atoms with E-state index in [1.165, 1.54) is 10.6 Å². The van der Waals surface area contributed by atoms with Crippen LogP contribution >= 0.6 is 0 Å². The van der Waals surface area contributed by atoms with Crippen LogP contribution in [-0.4, -0.2) is 52.3 Å². The number of aromatic nitrogens is 3. The van der Waals surface area contributed by atoms with Crippen LogP contribution in [-0.2, 0) is 16.8 Å². The first kappa shape index (κ1) is 13.4. The fourth-order valence-corrected chi connectivity index (χ4v) is 3.36. The van der Waals surface area contributed by atoms with Crippen LogP contribution in [0.4, 0.5) is 0 Å². The van der Waals surface area contributed by atoms with Crippen molar-refractivity contribution in [2.45, 2.75) is 26.3 Å². The van der Waals surface area contributed by atoms with Gasteiger partial charge in [-0.2, -0.15) is 22.1 Å². The lowest BCUT2D eigenvalue weighted by Gasteiger charge is -2.32. The molecule has 0 amide bonds. The first-order valence-electron chi connectivity index (χ1n) is 6.06. The summed E-state index contributed by atoms with van der Waals surface area (Å²) in [6.45, 7) is 3.57. The number of aromatic amines is 1. The second-order valence-corrected chi connectivity index (χ2v) is 6.81. The molecule has 1 aliphatic rings. The van der Waals surface area contributed by atoms with Crippen LogP contribution in [0.25, 0.3) is 0 Å². The minimum atomic E-state index is -3.38. The van der Waals surface area contributed by atoms with Gasteiger partial charge < -0.3 is 0 Å². The van der Waals surface area contributed by atoms with E-state index in [-0.39, 0.29) is 6.54 Å². The van der Waals surface area contributed by atoms with Gasteiger partial charge >= 0.3 is 0 Å². The smallest absolute Gasteiger partial charge is 0.262 e. The van der Waals surface area contributed by atoms with Crippen molar-refractivity contribution < 1.29 is 8.42 Å². The minimum Gasteiger partial charge on any atom is -0.262 e. The lowest BCUT2D eigenvalue weighted by molar-refractivity contribution is 0.269. The molecule has 0 bridgehead atoms. The SMILES string of the molecule is CC1CCN(S(=O)(=O)N(C)Cc2ncn[nH]2)CC1. The van der Waals surface area contributed by atoms with Gasteiger partial charge in [0.25, 0.3) is 10.2 Å². The number of nitrogens with zero attached hydrogens (tertiary/aromatic N) is 4. The lowest BCUT2D eigenvalue weighted by Crippen LogP contribution is -2.45. The van der Waals surface area contributed by atoms with Crippen LogP contribution in [0.2, 0.25) is 0 Å². The third kappa shape index (κ3) is 2.88. The van der Waals surface area contributed by atoms with E-state index in [9.17, 15) is 8.42 Å². The van der Waals surface area contributed by atoms with E-state index in [0.717, 1.165) is 12.8 Å². The average molecular weight is 273 g/mol. The van der Waals surface area contributed by atoms with Crippen molar-refractivity contribution in [2.24, 2.45) is 5.92 Å². The Labute approximate surface area is 107 Å². The summed E-state index contributed by atoms with van der Waals surface area (Å²) in [6.07, 6.45) is 3.23. The summed E-state index contributed by atoms with van der Waals surface area (Å²) in [7, 11) is -1.82. The Morgan fingerprint density at radius 1 is 1.50 bits per heavy atom. The van der Waals surface area contributed by atoms with Gasteiger partial charge in [0, 0.05) is 20.1 Å². The zero-order valence-electron chi connectivity index (χ0n) is 10.7. The number of hydrogen-bond donors (Lipinski definition) is 1. The van der Waals surface area contributed by atoms with Crippen molar-refractivity contribution in [1.82, 2.24) is 23.8 Å². The van der Waals surface area contributed by atoms with Gasteiger partial charge in [0.15, 0.2) is 0 Å². The maximum atomic E-state index is 12.3. The molecule has 18 heavy (non-hydrogen) atoms. The van der Waals surface area contributed by atoms with Crippen molar-refractivity contribution in [1.29, 1.82) is 0 Å². The summed E-state index contributed by atoms with van der Waals surface area (Å²) in [4.78, 5) is 3.94. The first-order chi connectivity index (χ1) is 8.50. The topological polar surface area (TPSA) is 82.2 Å². The molecule has 1 aromatic rings. The van der Waals surface area contributed by atoms with Crippen LogP contribution in [0.15, 0.2) is 6.33 Å². The Kier molecular flexibility index (Phi) is 3.98. The van der Waals surface area contributed by atoms with E-state index < -0.39 is 10.2 Å². The first-order valence-corrected chi connectivity index (χ1v) is 7.45. The van der Waals surface area contributed by atoms with Gasteiger partial charge in [0.2, 0.25) is 0 Å². The van der Waals surface area contributed by atoms with E-state index in [0.29, 0.717) is 24.8 Å². The van der Waals surface area contributed by atoms with Crippen molar-refractivity contribution >= 4 is 10.2 Å². The molecule has 0 saturated carbocycles. The van der Waals surface area contributed by atoms with E-state index in [1.807, 2.05) is 0 Å². The lowest BCUT2D eigenvalue weighted by atomic mass is 10.0. The monoisotopic (exact) mass is 273 g/mol. The number of nitrogens with one attached hydrogen (secondary N) is 1. The molecular weight excluding hydrogens is 254 g/mol. The van der Waals surface area contributed by atoms with Crippen molar-refractivity contribution in [3.8, 4) is 0 Å². The summed E-state index contributed by atoms with van der Waals surface area (Å²) in [6, 6.07) is 0. The number of H-pyrrole nitrogens is 1. The average Bonchev–Trinajstić information content (AvgIpc) is 2.82. The molecule has 2 rings (SSSR count). The molecule has 8 heteroatoms. The largest absolute Gasteiger partial charge is 0.282 e. The van der Waals surface area contributed by atoms with E-state index in [4.69, 9.17) is 0 Å². The van der Waals surface area contributed by atoms with Gasteiger partial charge in [-0.1, -0.05) is 6.92 Å². The Balaban J connectivity index is 2.01. The second kappa shape index (κ2) is 5.33. The van der Waals surface area contributed by atoms with E-state index >= 15 is 0 Å². The molecule has 7 nitrogen and oxygen atoms in total. The summed E-state index contributed by atoms with van der Waals surface area (Å²) in [5.74, 6) is 1.16. The van der Waals surface area contributed by atoms with Gasteiger partial charge in [-0.3, -0.25) is 5.10 Å². The molecule has 0 spiro atoms. The highest BCUT2D eigenvalue weighted by atomic mass is 32.2. The molecule has 1 aliphatic heterocycles. The molecule has 1 aromatic heterocycles. The highest BCUT2D eigenvalue weighted by Gasteiger charge is 2.30. The number of rotatable bonds is 4. The molecule has 1 N–H and O–H groups in total. The maximum Gasteiger partial charge on any atom is 0.282 e. The van der Waals surface area contributed by atoms with Gasteiger partial charge in [0.05, 0.1) is 6.54 Å². The molecule has 2 heterocycles. The van der Waals surface area contributed by atoms with Gasteiger partial charge in [-0.15, -0.1) is 0 Å². The molecule has 0 radical (unpaired) electrons. The third-order valence-corrected chi connectivity index (χ3v) is 5.23. The Hall–Kier alpha value is -0.990. The number of hydrogen-bond acceptors (Lipinski definition) is 4. The predicted molar refractivity (Wildman–Crippen MR) is 66.7 cm³/mol. The summed E-state index contributed by atoms with van der Waals surface area (Å²) < 4.78 is 27.5. The quantitative estimate of drug-likeness (QED) is 0.850. The van der Waals surface area contributed by atoms with Crippen LogP contribution in [0.5, 0.6) is 0 Å². The fraction of sp³-hybridized carbons (Fsp3) is 0.800. The molecule has 102 valence electrons. The summed E-state index contributed by atoms with van der Waals surface area (Å²) >= 11 is 0. The van der Waals surface area contributed by atoms with Crippen LogP contribution in [0.1, 0.15) is 25.6 Å². The van der Waals surface area contributed by atoms with E-state index in [2.05, 4.69) is 22.1 Å². The molecule has 0 aliphatic carbocycles. The zero-order valence-corrected chi connectivity index (χ0v) is 11.5. The summed E-state index contributed by atoms with van der Waals surface area (Å²) in [5, 5.41) is 6.37. The molecule has 0 atom stereocenters. The van der Waals surface area contributed by atoms with Crippen LogP contribution in [0, 0.1) is 5.92 Å². The van der Waals surface area contributed by atoms with Crippen LogP contribution in [0.3, 0.4) is 0 Å². The second-order valence-electron chi connectivity index (χ2n) is 4.78. The molecule has 0 aromatic carbocycles. The molecular formula is C10H19N5O2S. The molecule has 0 unspecified atom stereocenters. The van der Waals surface area contributed by atoms with Crippen molar-refractivity contribution in [3.63, 3.8) is 0 Å². The van der Waals surface area contributed by atoms with Gasteiger partial charge in [-0.05, 0) is 18.8 Å². The van der Waals surface area contributed by atoms with Crippen molar-refractivity contribution in [3.05, 3.63) is 12.2 Å². The fourth-order valence-electron chi connectivity index (χ4n) is 2.01. The normalized spacial score (nSPS) is 19.5. The standard InChI is InChI=1S/C10H19N5O2S/c1-9-3-5-15(6-4-9)18(16,17)14(2)7-10-11-8-12-13-10/h8-9H,3-7H2,1-2H3,(H,11,12,13).